The largest absolute Gasteiger partial charge is 0.326 e. The summed E-state index contributed by atoms with van der Waals surface area (Å²) < 4.78 is 0. The fraction of sp³-hybridized carbons (Fsp3) is 0.500. The lowest BCUT2D eigenvalue weighted by molar-refractivity contribution is -0.124. The first-order valence-electron chi connectivity index (χ1n) is 6.86. The van der Waals surface area contributed by atoms with Crippen molar-refractivity contribution < 1.29 is 9.59 Å². The molecule has 0 aromatic heterocycles. The highest BCUT2D eigenvalue weighted by Gasteiger charge is 2.36. The number of rotatable bonds is 2. The number of hydrogen-bond acceptors (Lipinski definition) is 2. The van der Waals surface area contributed by atoms with Crippen LogP contribution in [-0.4, -0.2) is 28.7 Å². The van der Waals surface area contributed by atoms with Crippen LogP contribution in [0.4, 0.5) is 0 Å². The van der Waals surface area contributed by atoms with Crippen LogP contribution >= 0.6 is 0 Å². The molecular formula is C16H21NO2. The Hall–Kier alpha value is -1.64. The Kier molecular flexibility index (Phi) is 3.74. The fourth-order valence-corrected chi connectivity index (χ4v) is 2.44. The number of hydrogen-bond donors (Lipinski definition) is 0. The third-order valence-electron chi connectivity index (χ3n) is 3.94. The van der Waals surface area contributed by atoms with E-state index >= 15 is 0 Å². The number of benzene rings is 1. The minimum Gasteiger partial charge on any atom is -0.326 e. The van der Waals surface area contributed by atoms with Gasteiger partial charge in [0.1, 0.15) is 0 Å². The van der Waals surface area contributed by atoms with E-state index in [2.05, 4.69) is 6.92 Å². The van der Waals surface area contributed by atoms with Crippen LogP contribution in [0.2, 0.25) is 0 Å². The van der Waals surface area contributed by atoms with Gasteiger partial charge in [-0.15, -0.1) is 0 Å². The first kappa shape index (κ1) is 13.8. The molecule has 1 aromatic carbocycles. The fourth-order valence-electron chi connectivity index (χ4n) is 2.44. The number of ketones is 1. The highest BCUT2D eigenvalue weighted by molar-refractivity contribution is 5.98. The van der Waals surface area contributed by atoms with E-state index in [1.807, 2.05) is 38.1 Å². The molecule has 0 aliphatic carbocycles. The number of likely N-dealkylation sites (tertiary alicyclic amines) is 1. The van der Waals surface area contributed by atoms with Crippen LogP contribution < -0.4 is 0 Å². The van der Waals surface area contributed by atoms with Crippen molar-refractivity contribution in [2.24, 2.45) is 0 Å². The topological polar surface area (TPSA) is 37.4 Å². The Balaban J connectivity index is 2.23. The van der Waals surface area contributed by atoms with E-state index in [-0.39, 0.29) is 23.8 Å². The Labute approximate surface area is 114 Å². The Morgan fingerprint density at radius 1 is 1.26 bits per heavy atom. The van der Waals surface area contributed by atoms with Crippen LogP contribution in [0, 0.1) is 0 Å². The Bertz CT molecular complexity index is 488. The van der Waals surface area contributed by atoms with Crippen molar-refractivity contribution in [2.45, 2.75) is 45.6 Å². The molecule has 1 fully saturated rings. The maximum Gasteiger partial charge on any atom is 0.254 e. The molecule has 1 aliphatic heterocycles. The van der Waals surface area contributed by atoms with Gasteiger partial charge in [-0.1, -0.05) is 19.1 Å². The molecule has 1 aliphatic rings. The number of carbonyl (C=O) groups excluding carboxylic acids is 2. The first-order valence-corrected chi connectivity index (χ1v) is 6.86. The summed E-state index contributed by atoms with van der Waals surface area (Å²) in [5, 5.41) is 0. The summed E-state index contributed by atoms with van der Waals surface area (Å²) >= 11 is 0. The van der Waals surface area contributed by atoms with Gasteiger partial charge in [0, 0.05) is 17.5 Å². The molecule has 0 atom stereocenters. The molecule has 0 radical (unpaired) electrons. The lowest BCUT2D eigenvalue weighted by atomic mass is 9.89. The number of nitrogens with zero attached hydrogens (tertiary/aromatic N) is 1. The van der Waals surface area contributed by atoms with Gasteiger partial charge < -0.3 is 4.90 Å². The van der Waals surface area contributed by atoms with Crippen molar-refractivity contribution in [2.75, 3.05) is 6.54 Å². The van der Waals surface area contributed by atoms with Crippen molar-refractivity contribution >= 4 is 11.7 Å². The predicted octanol–water partition coefficient (Wildman–Crippen LogP) is 2.83. The molecule has 102 valence electrons. The molecule has 1 heterocycles. The minimum absolute atomic E-state index is 0.0410. The summed E-state index contributed by atoms with van der Waals surface area (Å²) in [4.78, 5) is 25.8. The van der Waals surface area contributed by atoms with Gasteiger partial charge in [0.25, 0.3) is 5.91 Å². The molecule has 3 nitrogen and oxygen atoms in total. The van der Waals surface area contributed by atoms with E-state index in [1.165, 1.54) is 5.56 Å². The molecule has 0 N–H and O–H groups in total. The van der Waals surface area contributed by atoms with Gasteiger partial charge >= 0.3 is 0 Å². The first-order chi connectivity index (χ1) is 8.94. The number of carbonyl (C=O) groups is 2. The zero-order valence-electron chi connectivity index (χ0n) is 11.9. The van der Waals surface area contributed by atoms with Crippen LogP contribution in [0.5, 0.6) is 0 Å². The van der Waals surface area contributed by atoms with Gasteiger partial charge in [0.2, 0.25) is 0 Å². The summed E-state index contributed by atoms with van der Waals surface area (Å²) in [5.41, 5.74) is 1.64. The lowest BCUT2D eigenvalue weighted by Crippen LogP contribution is -2.53. The quantitative estimate of drug-likeness (QED) is 0.819. The zero-order valence-corrected chi connectivity index (χ0v) is 11.9. The van der Waals surface area contributed by atoms with E-state index < -0.39 is 0 Å². The summed E-state index contributed by atoms with van der Waals surface area (Å²) in [6, 6.07) is 7.67. The molecule has 0 spiro atoms. The summed E-state index contributed by atoms with van der Waals surface area (Å²) in [7, 11) is 0. The van der Waals surface area contributed by atoms with Crippen LogP contribution in [0.3, 0.4) is 0 Å². The van der Waals surface area contributed by atoms with E-state index in [4.69, 9.17) is 0 Å². The minimum atomic E-state index is -0.242. The third kappa shape index (κ3) is 2.86. The van der Waals surface area contributed by atoms with Crippen molar-refractivity contribution in [3.05, 3.63) is 35.4 Å². The number of piperidine rings is 1. The standard InChI is InChI=1S/C16H21NO2/c1-4-12-5-7-13(8-6-12)15(19)17-11-14(18)9-10-16(17,2)3/h5-8H,4,9-11H2,1-3H3. The van der Waals surface area contributed by atoms with Crippen molar-refractivity contribution in [3.8, 4) is 0 Å². The van der Waals surface area contributed by atoms with Gasteiger partial charge in [-0.25, -0.2) is 0 Å². The van der Waals surface area contributed by atoms with E-state index in [0.717, 1.165) is 12.8 Å². The van der Waals surface area contributed by atoms with Gasteiger partial charge in [0.15, 0.2) is 5.78 Å². The van der Waals surface area contributed by atoms with Gasteiger partial charge in [0.05, 0.1) is 6.54 Å². The second kappa shape index (κ2) is 5.16. The van der Waals surface area contributed by atoms with E-state index in [0.29, 0.717) is 12.0 Å². The lowest BCUT2D eigenvalue weighted by Gasteiger charge is -2.41. The summed E-state index contributed by atoms with van der Waals surface area (Å²) in [6.45, 7) is 6.38. The molecule has 1 saturated heterocycles. The van der Waals surface area contributed by atoms with Crippen LogP contribution in [0.25, 0.3) is 0 Å². The van der Waals surface area contributed by atoms with E-state index in [9.17, 15) is 9.59 Å². The highest BCUT2D eigenvalue weighted by Crippen LogP contribution is 2.27. The van der Waals surface area contributed by atoms with Crippen LogP contribution in [0.1, 0.15) is 49.5 Å². The molecule has 1 amide bonds. The molecular weight excluding hydrogens is 238 g/mol. The molecule has 19 heavy (non-hydrogen) atoms. The predicted molar refractivity (Wildman–Crippen MR) is 75.2 cm³/mol. The molecule has 0 saturated carbocycles. The maximum absolute atomic E-state index is 12.5. The van der Waals surface area contributed by atoms with E-state index in [1.54, 1.807) is 4.90 Å². The molecule has 0 bridgehead atoms. The number of Topliss-reactive ketones (excluding diaryl/α,β-unsaturated/α-hetero) is 1. The zero-order chi connectivity index (χ0) is 14.0. The molecule has 1 aromatic rings. The Morgan fingerprint density at radius 3 is 2.47 bits per heavy atom. The third-order valence-corrected chi connectivity index (χ3v) is 3.94. The second-order valence-corrected chi connectivity index (χ2v) is 5.79. The average Bonchev–Trinajstić information content (AvgIpc) is 2.41. The Morgan fingerprint density at radius 2 is 1.89 bits per heavy atom. The second-order valence-electron chi connectivity index (χ2n) is 5.79. The molecule has 2 rings (SSSR count). The number of amides is 1. The smallest absolute Gasteiger partial charge is 0.254 e. The maximum atomic E-state index is 12.5. The van der Waals surface area contributed by atoms with Gasteiger partial charge in [-0.05, 0) is 44.4 Å². The van der Waals surface area contributed by atoms with Crippen LogP contribution in [0.15, 0.2) is 24.3 Å². The van der Waals surface area contributed by atoms with Gasteiger partial charge in [-0.3, -0.25) is 9.59 Å². The average molecular weight is 259 g/mol. The molecule has 3 heteroatoms. The highest BCUT2D eigenvalue weighted by atomic mass is 16.2. The van der Waals surface area contributed by atoms with Crippen molar-refractivity contribution in [1.29, 1.82) is 0 Å². The monoisotopic (exact) mass is 259 g/mol. The number of aryl methyl sites for hydroxylation is 1. The van der Waals surface area contributed by atoms with Crippen molar-refractivity contribution in [3.63, 3.8) is 0 Å². The SMILES string of the molecule is CCc1ccc(C(=O)N2CC(=O)CCC2(C)C)cc1. The summed E-state index contributed by atoms with van der Waals surface area (Å²) in [5.74, 6) is 0.110. The normalized spacial score (nSPS) is 18.5. The molecule has 0 unspecified atom stereocenters. The van der Waals surface area contributed by atoms with Crippen LogP contribution in [-0.2, 0) is 11.2 Å². The summed E-state index contributed by atoms with van der Waals surface area (Å²) in [6.07, 6.45) is 2.28. The van der Waals surface area contributed by atoms with Gasteiger partial charge in [-0.2, -0.15) is 0 Å². The van der Waals surface area contributed by atoms with Crippen molar-refractivity contribution in [1.82, 2.24) is 4.90 Å².